The van der Waals surface area contributed by atoms with Gasteiger partial charge in [-0.15, -0.1) is 0 Å². The summed E-state index contributed by atoms with van der Waals surface area (Å²) in [6.07, 6.45) is 4.15. The van der Waals surface area contributed by atoms with Gasteiger partial charge in [-0.25, -0.2) is 0 Å². The molecule has 0 radical (unpaired) electrons. The van der Waals surface area contributed by atoms with Crippen molar-refractivity contribution in [1.29, 1.82) is 0 Å². The number of benzene rings is 4. The van der Waals surface area contributed by atoms with Crippen LogP contribution in [0.3, 0.4) is 0 Å². The Morgan fingerprint density at radius 3 is 1.67 bits per heavy atom. The summed E-state index contributed by atoms with van der Waals surface area (Å²) in [7, 11) is 0. The number of aromatic amines is 2. The topological polar surface area (TPSA) is 56.5 Å². The molecule has 0 amide bonds. The van der Waals surface area contributed by atoms with E-state index in [2.05, 4.69) is 119 Å². The fourth-order valence-corrected chi connectivity index (χ4v) is 6.42. The number of hydrogen-bond acceptors (Lipinski definition) is 4. The number of rotatable bonds is 5. The van der Waals surface area contributed by atoms with Gasteiger partial charge in [0.1, 0.15) is 0 Å². The lowest BCUT2D eigenvalue weighted by molar-refractivity contribution is 0.0394. The van der Waals surface area contributed by atoms with Gasteiger partial charge in [-0.2, -0.15) is 0 Å². The summed E-state index contributed by atoms with van der Waals surface area (Å²) in [5.74, 6) is 1.79. The van der Waals surface area contributed by atoms with Crippen molar-refractivity contribution in [2.75, 3.05) is 44.3 Å². The first-order valence-electron chi connectivity index (χ1n) is 14.8. The number of hydrogen-bond donors (Lipinski definition) is 2. The van der Waals surface area contributed by atoms with E-state index in [0.29, 0.717) is 0 Å². The fourth-order valence-electron chi connectivity index (χ4n) is 6.42. The normalized spacial score (nSPS) is 15.1. The first-order valence-corrected chi connectivity index (χ1v) is 14.8. The summed E-state index contributed by atoms with van der Waals surface area (Å²) in [5.41, 5.74) is 11.8. The maximum absolute atomic E-state index is 6.55. The van der Waals surface area contributed by atoms with Crippen LogP contribution in [-0.4, -0.2) is 54.3 Å². The van der Waals surface area contributed by atoms with E-state index < -0.39 is 0 Å². The van der Waals surface area contributed by atoms with E-state index in [1.165, 1.54) is 55.2 Å². The summed E-state index contributed by atoms with van der Waals surface area (Å²) < 4.78 is 12.2. The number of anilines is 2. The monoisotopic (exact) mass is 554 g/mol. The highest BCUT2D eigenvalue weighted by molar-refractivity contribution is 5.91. The van der Waals surface area contributed by atoms with Crippen molar-refractivity contribution < 1.29 is 9.47 Å². The molecule has 0 spiro atoms. The largest absolute Gasteiger partial charge is 0.453 e. The Hall–Kier alpha value is -4.52. The molecule has 4 heterocycles. The predicted molar refractivity (Wildman–Crippen MR) is 171 cm³/mol. The molecule has 1 saturated heterocycles. The van der Waals surface area contributed by atoms with Crippen LogP contribution in [0.2, 0.25) is 0 Å². The van der Waals surface area contributed by atoms with Gasteiger partial charge < -0.3 is 24.3 Å². The quantitative estimate of drug-likeness (QED) is 0.226. The molecule has 2 N–H and O–H groups in total. The number of nitrogens with one attached hydrogen (secondary N) is 2. The van der Waals surface area contributed by atoms with Gasteiger partial charge in [0.25, 0.3) is 0 Å². The van der Waals surface area contributed by atoms with Crippen LogP contribution >= 0.6 is 0 Å². The van der Waals surface area contributed by atoms with Crippen LogP contribution in [0.4, 0.5) is 11.4 Å². The Morgan fingerprint density at radius 1 is 0.619 bits per heavy atom. The lowest BCUT2D eigenvalue weighted by Gasteiger charge is -2.36. The third-order valence-corrected chi connectivity index (χ3v) is 8.91. The minimum absolute atomic E-state index is 0.798. The van der Waals surface area contributed by atoms with Crippen LogP contribution in [0.15, 0.2) is 85.2 Å². The molecule has 6 nitrogen and oxygen atoms in total. The van der Waals surface area contributed by atoms with Crippen molar-refractivity contribution in [3.8, 4) is 33.8 Å². The summed E-state index contributed by atoms with van der Waals surface area (Å²) in [4.78, 5) is 11.7. The molecule has 6 aromatic rings. The van der Waals surface area contributed by atoms with Crippen LogP contribution in [0, 0.1) is 13.8 Å². The number of fused-ring (bicyclic) bond motifs is 4. The second-order valence-corrected chi connectivity index (χ2v) is 11.5. The number of morpholine rings is 1. The van der Waals surface area contributed by atoms with Gasteiger partial charge in [-0.1, -0.05) is 24.3 Å². The van der Waals surface area contributed by atoms with Crippen LogP contribution < -0.4 is 9.64 Å². The van der Waals surface area contributed by atoms with E-state index in [0.717, 1.165) is 62.3 Å². The molecule has 4 aromatic carbocycles. The van der Waals surface area contributed by atoms with E-state index in [1.54, 1.807) is 0 Å². The van der Waals surface area contributed by atoms with Gasteiger partial charge in [0.05, 0.1) is 24.6 Å². The zero-order valence-electron chi connectivity index (χ0n) is 24.0. The SMILES string of the molecule is Cc1c[nH]c2ccc(-c3ccc4c(c3)N(CCN3CCOCC3)c3cc(-c5ccc6[nH]cc(C)c6c5)ccc3O4)cc12. The van der Waals surface area contributed by atoms with Crippen LogP contribution in [0.5, 0.6) is 11.5 Å². The first kappa shape index (κ1) is 25.2. The summed E-state index contributed by atoms with van der Waals surface area (Å²) in [6, 6.07) is 26.5. The molecule has 2 aliphatic rings. The molecule has 0 saturated carbocycles. The van der Waals surface area contributed by atoms with Crippen molar-refractivity contribution in [2.24, 2.45) is 0 Å². The molecular formula is C36H34N4O2. The lowest BCUT2D eigenvalue weighted by Crippen LogP contribution is -2.41. The Labute approximate surface area is 245 Å². The minimum atomic E-state index is 0.798. The minimum Gasteiger partial charge on any atom is -0.453 e. The first-order chi connectivity index (χ1) is 20.6. The van der Waals surface area contributed by atoms with Gasteiger partial charge in [-0.05, 0) is 95.8 Å². The zero-order valence-corrected chi connectivity index (χ0v) is 24.0. The Bertz CT molecular complexity index is 1820. The van der Waals surface area contributed by atoms with Gasteiger partial charge in [0.2, 0.25) is 0 Å². The van der Waals surface area contributed by atoms with E-state index in [1.807, 2.05) is 0 Å². The van der Waals surface area contributed by atoms with Gasteiger partial charge in [0.15, 0.2) is 11.5 Å². The highest BCUT2D eigenvalue weighted by atomic mass is 16.5. The molecule has 1 fully saturated rings. The van der Waals surface area contributed by atoms with Crippen molar-refractivity contribution in [1.82, 2.24) is 14.9 Å². The van der Waals surface area contributed by atoms with E-state index in [9.17, 15) is 0 Å². The second-order valence-electron chi connectivity index (χ2n) is 11.5. The maximum Gasteiger partial charge on any atom is 0.151 e. The Kier molecular flexibility index (Phi) is 6.05. The molecule has 2 aliphatic heterocycles. The Morgan fingerprint density at radius 2 is 1.12 bits per heavy atom. The lowest BCUT2D eigenvalue weighted by atomic mass is 9.99. The van der Waals surface area contributed by atoms with Gasteiger partial charge in [-0.3, -0.25) is 4.90 Å². The molecule has 0 atom stereocenters. The fraction of sp³-hybridized carbons (Fsp3) is 0.222. The third kappa shape index (κ3) is 4.35. The van der Waals surface area contributed by atoms with Crippen molar-refractivity contribution in [3.63, 3.8) is 0 Å². The standard InChI is InChI=1S/C36H34N4O2/c1-23-21-37-31-7-3-25(17-29(23)31)27-5-9-35-33(19-27)40(12-11-39-13-15-41-16-14-39)34-20-28(6-10-36(34)42-35)26-4-8-32-30(18-26)24(2)22-38-32/h3-10,17-22,37-38H,11-16H2,1-2H3. The smallest absolute Gasteiger partial charge is 0.151 e. The summed E-state index contributed by atoms with van der Waals surface area (Å²) in [6.45, 7) is 9.66. The number of nitrogens with zero attached hydrogens (tertiary/aromatic N) is 2. The van der Waals surface area contributed by atoms with Crippen LogP contribution in [-0.2, 0) is 4.74 Å². The van der Waals surface area contributed by atoms with Crippen LogP contribution in [0.1, 0.15) is 11.1 Å². The number of aryl methyl sites for hydroxylation is 2. The van der Waals surface area contributed by atoms with Crippen LogP contribution in [0.25, 0.3) is 44.1 Å². The highest BCUT2D eigenvalue weighted by Crippen LogP contribution is 2.49. The average molecular weight is 555 g/mol. The molecule has 210 valence electrons. The zero-order chi connectivity index (χ0) is 28.2. The second kappa shape index (κ2) is 10.1. The van der Waals surface area contributed by atoms with Crippen molar-refractivity contribution in [3.05, 3.63) is 96.3 Å². The molecule has 0 unspecified atom stereocenters. The summed E-state index contributed by atoms with van der Waals surface area (Å²) >= 11 is 0. The molecule has 0 bridgehead atoms. The predicted octanol–water partition coefficient (Wildman–Crippen LogP) is 8.18. The van der Waals surface area contributed by atoms with Gasteiger partial charge in [0, 0.05) is 60.4 Å². The van der Waals surface area contributed by atoms with Gasteiger partial charge >= 0.3 is 0 Å². The number of aromatic nitrogens is 2. The molecule has 8 rings (SSSR count). The molecule has 2 aromatic heterocycles. The van der Waals surface area contributed by atoms with E-state index >= 15 is 0 Å². The highest BCUT2D eigenvalue weighted by Gasteiger charge is 2.26. The van der Waals surface area contributed by atoms with E-state index in [-0.39, 0.29) is 0 Å². The maximum atomic E-state index is 6.55. The molecular weight excluding hydrogens is 520 g/mol. The van der Waals surface area contributed by atoms with E-state index in [4.69, 9.17) is 9.47 Å². The molecule has 42 heavy (non-hydrogen) atoms. The van der Waals surface area contributed by atoms with Crippen molar-refractivity contribution >= 4 is 33.2 Å². The molecule has 0 aliphatic carbocycles. The average Bonchev–Trinajstić information content (AvgIpc) is 3.60. The summed E-state index contributed by atoms with van der Waals surface area (Å²) in [5, 5.41) is 2.52. The van der Waals surface area contributed by atoms with Crippen molar-refractivity contribution in [2.45, 2.75) is 13.8 Å². The third-order valence-electron chi connectivity index (χ3n) is 8.91. The number of ether oxygens (including phenoxy) is 2. The molecule has 6 heteroatoms. The Balaban J connectivity index is 1.21. The number of H-pyrrole nitrogens is 2.